The summed E-state index contributed by atoms with van der Waals surface area (Å²) >= 11 is 1.16. The predicted molar refractivity (Wildman–Crippen MR) is 80.9 cm³/mol. The van der Waals surface area contributed by atoms with Crippen LogP contribution in [0.3, 0.4) is 0 Å². The molecule has 0 amide bonds. The van der Waals surface area contributed by atoms with Crippen LogP contribution in [0.15, 0.2) is 4.90 Å². The topological polar surface area (TPSA) is 88.3 Å². The largest absolute Gasteiger partial charge is 0.382 e. The molecular formula is C12H20N4O2S2. The summed E-state index contributed by atoms with van der Waals surface area (Å²) in [7, 11) is -1.19. The fourth-order valence-electron chi connectivity index (χ4n) is 2.54. The maximum atomic E-state index is 12.4. The van der Waals surface area contributed by atoms with E-state index in [2.05, 4.69) is 21.6 Å². The van der Waals surface area contributed by atoms with Crippen molar-refractivity contribution in [2.45, 2.75) is 41.9 Å². The zero-order valence-electron chi connectivity index (χ0n) is 11.5. The van der Waals surface area contributed by atoms with E-state index in [1.54, 1.807) is 0 Å². The van der Waals surface area contributed by atoms with Gasteiger partial charge in [0, 0.05) is 6.04 Å². The summed E-state index contributed by atoms with van der Waals surface area (Å²) < 4.78 is 28.9. The van der Waals surface area contributed by atoms with E-state index in [1.807, 2.05) is 0 Å². The van der Waals surface area contributed by atoms with Crippen molar-refractivity contribution >= 4 is 32.2 Å². The van der Waals surface area contributed by atoms with Crippen LogP contribution in [0.2, 0.25) is 0 Å². The predicted octanol–water partition coefficient (Wildman–Crippen LogP) is 1.17. The molecular weight excluding hydrogens is 296 g/mol. The van der Waals surface area contributed by atoms with Crippen LogP contribution in [-0.2, 0) is 9.84 Å². The van der Waals surface area contributed by atoms with E-state index in [1.165, 1.54) is 0 Å². The molecule has 0 spiro atoms. The molecule has 8 heteroatoms. The first kappa shape index (κ1) is 14.1. The van der Waals surface area contributed by atoms with E-state index in [0.717, 1.165) is 50.3 Å². The number of hydrogen-bond donors (Lipinski definition) is 2. The molecule has 1 saturated carbocycles. The van der Waals surface area contributed by atoms with Gasteiger partial charge in [0.25, 0.3) is 0 Å². The average Bonchev–Trinajstić information content (AvgIpc) is 3.18. The summed E-state index contributed by atoms with van der Waals surface area (Å²) in [5, 5.41) is 3.73. The number of nitrogens with two attached hydrogens (primary N) is 1. The van der Waals surface area contributed by atoms with Crippen LogP contribution in [0, 0.1) is 0 Å². The molecule has 2 aliphatic rings. The zero-order valence-corrected chi connectivity index (χ0v) is 13.1. The van der Waals surface area contributed by atoms with Crippen molar-refractivity contribution in [1.29, 1.82) is 0 Å². The van der Waals surface area contributed by atoms with E-state index in [9.17, 15) is 8.42 Å². The van der Waals surface area contributed by atoms with E-state index >= 15 is 0 Å². The van der Waals surface area contributed by atoms with E-state index < -0.39 is 9.84 Å². The molecule has 2 fully saturated rings. The van der Waals surface area contributed by atoms with Crippen LogP contribution >= 0.6 is 11.5 Å². The molecule has 0 bridgehead atoms. The first-order valence-electron chi connectivity index (χ1n) is 6.92. The van der Waals surface area contributed by atoms with Crippen LogP contribution in [0.25, 0.3) is 0 Å². The molecule has 112 valence electrons. The van der Waals surface area contributed by atoms with Gasteiger partial charge in [-0.3, -0.25) is 0 Å². The molecule has 0 unspecified atom stereocenters. The molecule has 0 atom stereocenters. The van der Waals surface area contributed by atoms with Gasteiger partial charge in [0.05, 0.1) is 5.25 Å². The summed E-state index contributed by atoms with van der Waals surface area (Å²) in [5.41, 5.74) is 5.79. The fraction of sp³-hybridized carbons (Fsp3) is 0.750. The molecule has 1 aromatic rings. The molecule has 1 aliphatic carbocycles. The molecule has 20 heavy (non-hydrogen) atoms. The Bertz CT molecular complexity index is 587. The number of likely N-dealkylation sites (tertiary alicyclic amines) is 1. The number of hydrogen-bond acceptors (Lipinski definition) is 7. The van der Waals surface area contributed by atoms with Gasteiger partial charge in [0.1, 0.15) is 9.90 Å². The summed E-state index contributed by atoms with van der Waals surface area (Å²) in [6.07, 6.45) is 3.50. The third kappa shape index (κ3) is 2.64. The Kier molecular flexibility index (Phi) is 3.64. The highest BCUT2D eigenvalue weighted by atomic mass is 32.2. The average molecular weight is 316 g/mol. The third-order valence-electron chi connectivity index (χ3n) is 3.98. The number of sulfone groups is 1. The number of nitrogens with one attached hydrogen (secondary N) is 1. The Morgan fingerprint density at radius 3 is 2.55 bits per heavy atom. The van der Waals surface area contributed by atoms with Gasteiger partial charge in [0.2, 0.25) is 0 Å². The number of piperidine rings is 1. The Balaban J connectivity index is 1.80. The number of anilines is 2. The van der Waals surface area contributed by atoms with E-state index in [0.29, 0.717) is 11.0 Å². The Morgan fingerprint density at radius 2 is 1.95 bits per heavy atom. The fourth-order valence-corrected chi connectivity index (χ4v) is 5.49. The van der Waals surface area contributed by atoms with Crippen LogP contribution < -0.4 is 11.1 Å². The Hall–Kier alpha value is -0.860. The second kappa shape index (κ2) is 5.16. The minimum Gasteiger partial charge on any atom is -0.382 e. The number of aromatic nitrogens is 1. The van der Waals surface area contributed by atoms with Crippen molar-refractivity contribution < 1.29 is 8.42 Å². The standard InChI is InChI=1S/C12H20N4O2S2/c1-16-6-4-8(5-7-16)14-12-10(11(13)15-19-12)20(17,18)9-2-3-9/h8-9,14H,2-7H2,1H3,(H2,13,15). The smallest absolute Gasteiger partial charge is 0.187 e. The first-order valence-corrected chi connectivity index (χ1v) is 9.24. The zero-order chi connectivity index (χ0) is 14.3. The summed E-state index contributed by atoms with van der Waals surface area (Å²) in [4.78, 5) is 2.52. The summed E-state index contributed by atoms with van der Waals surface area (Å²) in [6, 6.07) is 0.305. The molecule has 3 N–H and O–H groups in total. The molecule has 1 aliphatic heterocycles. The van der Waals surface area contributed by atoms with Gasteiger partial charge < -0.3 is 16.0 Å². The van der Waals surface area contributed by atoms with Crippen LogP contribution in [0.5, 0.6) is 0 Å². The van der Waals surface area contributed by atoms with Gasteiger partial charge in [0.15, 0.2) is 15.7 Å². The Labute approximate surface area is 123 Å². The monoisotopic (exact) mass is 316 g/mol. The normalized spacial score (nSPS) is 22.1. The van der Waals surface area contributed by atoms with Crippen LogP contribution in [0.4, 0.5) is 10.8 Å². The molecule has 2 heterocycles. The molecule has 1 saturated heterocycles. The lowest BCUT2D eigenvalue weighted by Gasteiger charge is -2.29. The lowest BCUT2D eigenvalue weighted by Crippen LogP contribution is -2.36. The third-order valence-corrected chi connectivity index (χ3v) is 7.23. The molecule has 0 aromatic carbocycles. The SMILES string of the molecule is CN1CCC(Nc2snc(N)c2S(=O)(=O)C2CC2)CC1. The van der Waals surface area contributed by atoms with Crippen molar-refractivity contribution in [1.82, 2.24) is 9.27 Å². The van der Waals surface area contributed by atoms with Gasteiger partial charge in [-0.2, -0.15) is 4.37 Å². The summed E-state index contributed by atoms with van der Waals surface area (Å²) in [5.74, 6) is 0.150. The highest BCUT2D eigenvalue weighted by molar-refractivity contribution is 7.92. The second-order valence-corrected chi connectivity index (χ2v) is 8.63. The van der Waals surface area contributed by atoms with E-state index in [-0.39, 0.29) is 16.0 Å². The van der Waals surface area contributed by atoms with Crippen molar-refractivity contribution in [3.05, 3.63) is 0 Å². The second-order valence-electron chi connectivity index (χ2n) is 5.69. The minimum absolute atomic E-state index is 0.150. The molecule has 6 nitrogen and oxygen atoms in total. The maximum absolute atomic E-state index is 12.4. The molecule has 1 aromatic heterocycles. The van der Waals surface area contributed by atoms with Crippen molar-refractivity contribution in [3.8, 4) is 0 Å². The lowest BCUT2D eigenvalue weighted by atomic mass is 10.1. The lowest BCUT2D eigenvalue weighted by molar-refractivity contribution is 0.264. The Morgan fingerprint density at radius 1 is 1.30 bits per heavy atom. The van der Waals surface area contributed by atoms with E-state index in [4.69, 9.17) is 5.73 Å². The van der Waals surface area contributed by atoms with Crippen molar-refractivity contribution in [3.63, 3.8) is 0 Å². The van der Waals surface area contributed by atoms with Gasteiger partial charge >= 0.3 is 0 Å². The summed E-state index contributed by atoms with van der Waals surface area (Å²) in [6.45, 7) is 2.05. The van der Waals surface area contributed by atoms with Crippen molar-refractivity contribution in [2.24, 2.45) is 0 Å². The van der Waals surface area contributed by atoms with Crippen LogP contribution in [0.1, 0.15) is 25.7 Å². The maximum Gasteiger partial charge on any atom is 0.187 e. The minimum atomic E-state index is -3.30. The highest BCUT2D eigenvalue weighted by Gasteiger charge is 2.41. The van der Waals surface area contributed by atoms with Crippen LogP contribution in [-0.4, -0.2) is 49.1 Å². The molecule has 0 radical (unpaired) electrons. The first-order chi connectivity index (χ1) is 9.48. The number of nitrogen functional groups attached to an aromatic ring is 1. The number of nitrogens with zero attached hydrogens (tertiary/aromatic N) is 2. The van der Waals surface area contributed by atoms with Gasteiger partial charge in [-0.15, -0.1) is 0 Å². The van der Waals surface area contributed by atoms with Gasteiger partial charge in [-0.05, 0) is 57.4 Å². The highest BCUT2D eigenvalue weighted by Crippen LogP contribution is 2.41. The quantitative estimate of drug-likeness (QED) is 0.867. The van der Waals surface area contributed by atoms with Crippen molar-refractivity contribution in [2.75, 3.05) is 31.2 Å². The van der Waals surface area contributed by atoms with Gasteiger partial charge in [-0.1, -0.05) is 0 Å². The number of rotatable bonds is 4. The van der Waals surface area contributed by atoms with Gasteiger partial charge in [-0.25, -0.2) is 8.42 Å². The molecule has 3 rings (SSSR count).